The molecule has 1 unspecified atom stereocenters. The molecule has 0 aromatic heterocycles. The molecule has 21 heavy (non-hydrogen) atoms. The van der Waals surface area contributed by atoms with Gasteiger partial charge in [0, 0.05) is 25.7 Å². The predicted molar refractivity (Wildman–Crippen MR) is 73.5 cm³/mol. The molecule has 0 spiro atoms. The Kier molecular flexibility index (Phi) is 4.88. The van der Waals surface area contributed by atoms with E-state index in [1.54, 1.807) is 4.90 Å². The van der Waals surface area contributed by atoms with Gasteiger partial charge < -0.3 is 10.2 Å². The molecule has 3 nitrogen and oxygen atoms in total. The smallest absolute Gasteiger partial charge is 0.257 e. The number of carbonyl (C=O) groups excluding carboxylic acids is 1. The Morgan fingerprint density at radius 2 is 2.05 bits per heavy atom. The first-order chi connectivity index (χ1) is 9.91. The lowest BCUT2D eigenvalue weighted by Gasteiger charge is -2.37. The van der Waals surface area contributed by atoms with Crippen molar-refractivity contribution in [3.05, 3.63) is 35.1 Å². The van der Waals surface area contributed by atoms with Crippen LogP contribution in [0.25, 0.3) is 0 Å². The molecular weight excluding hydrogens is 281 g/mol. The van der Waals surface area contributed by atoms with Gasteiger partial charge in [0.2, 0.25) is 0 Å². The number of halogens is 3. The minimum atomic E-state index is -1.60. The van der Waals surface area contributed by atoms with Gasteiger partial charge in [-0.25, -0.2) is 13.2 Å². The standard InChI is InChI=1S/C15H19F3N2O/c1-9(2)7-10-8-19-5-6-20(10)15(21)11-3-4-12(16)14(18)13(11)17/h3-4,9-10,19H,5-8H2,1-2H3. The number of piperazine rings is 1. The van der Waals surface area contributed by atoms with Crippen LogP contribution in [0.2, 0.25) is 0 Å². The molecule has 1 saturated heterocycles. The highest BCUT2D eigenvalue weighted by Crippen LogP contribution is 2.21. The number of rotatable bonds is 3. The SMILES string of the molecule is CC(C)CC1CNCCN1C(=O)c1ccc(F)c(F)c1F. The molecular formula is C15H19F3N2O. The fraction of sp³-hybridized carbons (Fsp3) is 0.533. The van der Waals surface area contributed by atoms with Crippen molar-refractivity contribution < 1.29 is 18.0 Å². The largest absolute Gasteiger partial charge is 0.333 e. The second kappa shape index (κ2) is 6.47. The van der Waals surface area contributed by atoms with Gasteiger partial charge in [-0.2, -0.15) is 0 Å². The highest BCUT2D eigenvalue weighted by Gasteiger charge is 2.30. The zero-order valence-electron chi connectivity index (χ0n) is 12.1. The maximum Gasteiger partial charge on any atom is 0.257 e. The number of nitrogens with zero attached hydrogens (tertiary/aromatic N) is 1. The molecule has 1 fully saturated rings. The van der Waals surface area contributed by atoms with Crippen LogP contribution in [-0.4, -0.2) is 36.5 Å². The zero-order valence-corrected chi connectivity index (χ0v) is 12.1. The molecule has 0 aliphatic carbocycles. The summed E-state index contributed by atoms with van der Waals surface area (Å²) in [5.41, 5.74) is -0.412. The van der Waals surface area contributed by atoms with Crippen molar-refractivity contribution in [3.8, 4) is 0 Å². The molecule has 116 valence electrons. The predicted octanol–water partition coefficient (Wildman–Crippen LogP) is 2.56. The van der Waals surface area contributed by atoms with Gasteiger partial charge in [0.05, 0.1) is 5.56 Å². The van der Waals surface area contributed by atoms with E-state index in [0.29, 0.717) is 25.6 Å². The molecule has 0 saturated carbocycles. The summed E-state index contributed by atoms with van der Waals surface area (Å²) in [5, 5.41) is 3.19. The second-order valence-electron chi connectivity index (χ2n) is 5.71. The summed E-state index contributed by atoms with van der Waals surface area (Å²) < 4.78 is 40.0. The molecule has 1 N–H and O–H groups in total. The number of carbonyl (C=O) groups is 1. The Hall–Kier alpha value is -1.56. The third-order valence-electron chi connectivity index (χ3n) is 3.62. The third-order valence-corrected chi connectivity index (χ3v) is 3.62. The van der Waals surface area contributed by atoms with Gasteiger partial charge in [-0.05, 0) is 24.5 Å². The number of hydrogen-bond donors (Lipinski definition) is 1. The lowest BCUT2D eigenvalue weighted by Crippen LogP contribution is -2.54. The van der Waals surface area contributed by atoms with Crippen LogP contribution in [0.4, 0.5) is 13.2 Å². The molecule has 6 heteroatoms. The van der Waals surface area contributed by atoms with Crippen LogP contribution in [-0.2, 0) is 0 Å². The van der Waals surface area contributed by atoms with E-state index in [1.807, 2.05) is 13.8 Å². The lowest BCUT2D eigenvalue weighted by molar-refractivity contribution is 0.0603. The van der Waals surface area contributed by atoms with Crippen molar-refractivity contribution >= 4 is 5.91 Å². The van der Waals surface area contributed by atoms with Crippen molar-refractivity contribution in [1.29, 1.82) is 0 Å². The van der Waals surface area contributed by atoms with Crippen LogP contribution in [0, 0.1) is 23.4 Å². The first-order valence-electron chi connectivity index (χ1n) is 7.07. The van der Waals surface area contributed by atoms with Gasteiger partial charge in [-0.3, -0.25) is 4.79 Å². The van der Waals surface area contributed by atoms with Crippen LogP contribution in [0.1, 0.15) is 30.6 Å². The minimum absolute atomic E-state index is 0.0706. The highest BCUT2D eigenvalue weighted by atomic mass is 19.2. The second-order valence-corrected chi connectivity index (χ2v) is 5.71. The fourth-order valence-electron chi connectivity index (χ4n) is 2.63. The van der Waals surface area contributed by atoms with E-state index in [9.17, 15) is 18.0 Å². The summed E-state index contributed by atoms with van der Waals surface area (Å²) in [5.74, 6) is -4.51. The molecule has 1 aromatic rings. The van der Waals surface area contributed by atoms with Crippen LogP contribution in [0.3, 0.4) is 0 Å². The first kappa shape index (κ1) is 15.8. The lowest BCUT2D eigenvalue weighted by atomic mass is 9.99. The average Bonchev–Trinajstić information content (AvgIpc) is 2.44. The minimum Gasteiger partial charge on any atom is -0.333 e. The quantitative estimate of drug-likeness (QED) is 0.870. The molecule has 1 atom stereocenters. The average molecular weight is 300 g/mol. The Balaban J connectivity index is 2.27. The zero-order chi connectivity index (χ0) is 15.6. The highest BCUT2D eigenvalue weighted by molar-refractivity contribution is 5.94. The number of hydrogen-bond acceptors (Lipinski definition) is 2. The van der Waals surface area contributed by atoms with Gasteiger partial charge >= 0.3 is 0 Å². The Labute approximate surface area is 122 Å². The Morgan fingerprint density at radius 3 is 2.71 bits per heavy atom. The topological polar surface area (TPSA) is 32.3 Å². The Morgan fingerprint density at radius 1 is 1.33 bits per heavy atom. The van der Waals surface area contributed by atoms with Crippen molar-refractivity contribution in [3.63, 3.8) is 0 Å². The molecule has 1 aliphatic rings. The molecule has 1 heterocycles. The van der Waals surface area contributed by atoms with Crippen LogP contribution < -0.4 is 5.32 Å². The first-order valence-corrected chi connectivity index (χ1v) is 7.07. The molecule has 1 aliphatic heterocycles. The van der Waals surface area contributed by atoms with Gasteiger partial charge in [0.25, 0.3) is 5.91 Å². The number of amides is 1. The van der Waals surface area contributed by atoms with E-state index in [4.69, 9.17) is 0 Å². The summed E-state index contributed by atoms with van der Waals surface area (Å²) in [7, 11) is 0. The fourth-order valence-corrected chi connectivity index (χ4v) is 2.63. The van der Waals surface area contributed by atoms with E-state index in [0.717, 1.165) is 18.6 Å². The maximum absolute atomic E-state index is 13.8. The van der Waals surface area contributed by atoms with Crippen molar-refractivity contribution in [1.82, 2.24) is 10.2 Å². The van der Waals surface area contributed by atoms with Crippen molar-refractivity contribution in [2.75, 3.05) is 19.6 Å². The van der Waals surface area contributed by atoms with E-state index in [-0.39, 0.29) is 6.04 Å². The number of nitrogens with one attached hydrogen (secondary N) is 1. The van der Waals surface area contributed by atoms with Crippen molar-refractivity contribution in [2.45, 2.75) is 26.3 Å². The summed E-state index contributed by atoms with van der Waals surface area (Å²) >= 11 is 0. The van der Waals surface area contributed by atoms with Gasteiger partial charge in [0.1, 0.15) is 0 Å². The summed E-state index contributed by atoms with van der Waals surface area (Å²) in [4.78, 5) is 14.0. The third kappa shape index (κ3) is 3.37. The van der Waals surface area contributed by atoms with E-state index in [2.05, 4.69) is 5.32 Å². The Bertz CT molecular complexity index is 534. The number of benzene rings is 1. The molecule has 1 aromatic carbocycles. The van der Waals surface area contributed by atoms with Crippen molar-refractivity contribution in [2.24, 2.45) is 5.92 Å². The normalized spacial score (nSPS) is 19.1. The summed E-state index contributed by atoms with van der Waals surface area (Å²) in [6.45, 7) is 5.72. The molecule has 1 amide bonds. The van der Waals surface area contributed by atoms with Crippen LogP contribution in [0.15, 0.2) is 12.1 Å². The van der Waals surface area contributed by atoms with E-state index in [1.165, 1.54) is 0 Å². The summed E-state index contributed by atoms with van der Waals surface area (Å²) in [6, 6.07) is 1.72. The molecule has 0 bridgehead atoms. The van der Waals surface area contributed by atoms with Gasteiger partial charge in [-0.15, -0.1) is 0 Å². The summed E-state index contributed by atoms with van der Waals surface area (Å²) in [6.07, 6.45) is 0.768. The molecule has 2 rings (SSSR count). The van der Waals surface area contributed by atoms with Crippen LogP contribution >= 0.6 is 0 Å². The van der Waals surface area contributed by atoms with Gasteiger partial charge in [-0.1, -0.05) is 13.8 Å². The monoisotopic (exact) mass is 300 g/mol. The van der Waals surface area contributed by atoms with E-state index >= 15 is 0 Å². The van der Waals surface area contributed by atoms with Crippen LogP contribution in [0.5, 0.6) is 0 Å². The molecule has 0 radical (unpaired) electrons. The maximum atomic E-state index is 13.8. The van der Waals surface area contributed by atoms with Gasteiger partial charge in [0.15, 0.2) is 17.5 Å². The van der Waals surface area contributed by atoms with E-state index < -0.39 is 28.9 Å².